The number of thioether (sulfide) groups is 1. The van der Waals surface area contributed by atoms with Gasteiger partial charge in [-0.25, -0.2) is 9.97 Å². The molecule has 1 aromatic heterocycles. The molecule has 0 radical (unpaired) electrons. The second-order valence-electron chi connectivity index (χ2n) is 14.0. The summed E-state index contributed by atoms with van der Waals surface area (Å²) in [4.78, 5) is 33.6. The number of aromatic nitrogens is 2. The molecule has 0 spiro atoms. The molecule has 0 amide bonds. The van der Waals surface area contributed by atoms with Crippen molar-refractivity contribution in [2.24, 2.45) is 23.2 Å². The van der Waals surface area contributed by atoms with Crippen LogP contribution in [0.15, 0.2) is 65.0 Å². The first-order valence-corrected chi connectivity index (χ1v) is 19.1. The van der Waals surface area contributed by atoms with Gasteiger partial charge in [-0.15, -0.1) is 11.8 Å². The molecule has 1 saturated carbocycles. The second-order valence-corrected chi connectivity index (χ2v) is 15.0. The van der Waals surface area contributed by atoms with E-state index in [1.165, 1.54) is 49.4 Å². The molecule has 7 heteroatoms. The highest BCUT2D eigenvalue weighted by molar-refractivity contribution is 8.05. The summed E-state index contributed by atoms with van der Waals surface area (Å²) in [6.07, 6.45) is 16.3. The minimum absolute atomic E-state index is 0.219. The van der Waals surface area contributed by atoms with E-state index in [4.69, 9.17) is 15.8 Å². The SMILES string of the molecule is C=C/C=C\C(C(=C)c1nc(C)c([C@@](C)(C=O)C(=C)S/C=C(\C)CC(C)(C)C=O)c(N)n1)=C(/C)[C@H](C)CC.CC.CCC1CCC(C)CC1.CO. The van der Waals surface area contributed by atoms with Crippen molar-refractivity contribution in [3.8, 4) is 0 Å². The Balaban J connectivity index is 0. The molecule has 2 rings (SSSR count). The van der Waals surface area contributed by atoms with Crippen molar-refractivity contribution in [2.75, 3.05) is 12.8 Å². The number of hydrogen-bond acceptors (Lipinski definition) is 7. The summed E-state index contributed by atoms with van der Waals surface area (Å²) in [6, 6.07) is 0. The van der Waals surface area contributed by atoms with Gasteiger partial charge in [-0.05, 0) is 74.2 Å². The summed E-state index contributed by atoms with van der Waals surface area (Å²) in [6.45, 7) is 36.7. The van der Waals surface area contributed by atoms with Crippen LogP contribution in [0, 0.1) is 30.1 Å². The first-order chi connectivity index (χ1) is 23.5. The molecular weight excluding hydrogens is 639 g/mol. The van der Waals surface area contributed by atoms with Gasteiger partial charge in [-0.2, -0.15) is 0 Å². The fourth-order valence-corrected chi connectivity index (χ4v) is 6.62. The van der Waals surface area contributed by atoms with E-state index in [1.54, 1.807) is 13.0 Å². The highest BCUT2D eigenvalue weighted by Crippen LogP contribution is 2.41. The van der Waals surface area contributed by atoms with E-state index in [2.05, 4.69) is 59.3 Å². The molecule has 0 aliphatic heterocycles. The molecule has 0 saturated heterocycles. The number of aliphatic hydroxyl groups is 1. The summed E-state index contributed by atoms with van der Waals surface area (Å²) < 4.78 is 0. The van der Waals surface area contributed by atoms with Gasteiger partial charge < -0.3 is 20.4 Å². The van der Waals surface area contributed by atoms with Crippen molar-refractivity contribution < 1.29 is 14.7 Å². The number of aldehydes is 2. The maximum absolute atomic E-state index is 12.4. The average molecular weight is 710 g/mol. The molecular formula is C43H71N3O3S. The maximum Gasteiger partial charge on any atom is 0.161 e. The Hall–Kier alpha value is -3.03. The van der Waals surface area contributed by atoms with E-state index in [1.807, 2.05) is 59.1 Å². The van der Waals surface area contributed by atoms with Gasteiger partial charge in [0.1, 0.15) is 18.4 Å². The van der Waals surface area contributed by atoms with Gasteiger partial charge >= 0.3 is 0 Å². The molecule has 6 nitrogen and oxygen atoms in total. The van der Waals surface area contributed by atoms with Crippen molar-refractivity contribution in [1.82, 2.24) is 9.97 Å². The molecule has 50 heavy (non-hydrogen) atoms. The number of hydrogen-bond donors (Lipinski definition) is 2. The van der Waals surface area contributed by atoms with Gasteiger partial charge in [-0.3, -0.25) is 0 Å². The van der Waals surface area contributed by atoms with Gasteiger partial charge in [0.2, 0.25) is 0 Å². The van der Waals surface area contributed by atoms with Crippen molar-refractivity contribution in [2.45, 2.75) is 133 Å². The highest BCUT2D eigenvalue weighted by atomic mass is 32.2. The molecule has 282 valence electrons. The van der Waals surface area contributed by atoms with Crippen LogP contribution in [-0.2, 0) is 15.0 Å². The van der Waals surface area contributed by atoms with Crippen LogP contribution in [0.4, 0.5) is 5.82 Å². The molecule has 1 aliphatic carbocycles. The topological polar surface area (TPSA) is 106 Å². The van der Waals surface area contributed by atoms with E-state index in [-0.39, 0.29) is 5.82 Å². The third-order valence-corrected chi connectivity index (χ3v) is 10.6. The third-order valence-electron chi connectivity index (χ3n) is 9.39. The van der Waals surface area contributed by atoms with Gasteiger partial charge in [-0.1, -0.05) is 137 Å². The fourth-order valence-electron chi connectivity index (χ4n) is 5.80. The van der Waals surface area contributed by atoms with Crippen LogP contribution in [0.3, 0.4) is 0 Å². The predicted octanol–water partition coefficient (Wildman–Crippen LogP) is 11.6. The number of allylic oxidation sites excluding steroid dienone is 8. The minimum atomic E-state index is -1.11. The fraction of sp³-hybridized carbons (Fsp3) is 0.581. The first-order valence-electron chi connectivity index (χ1n) is 18.2. The Bertz CT molecular complexity index is 1310. The molecule has 0 bridgehead atoms. The molecule has 3 N–H and O–H groups in total. The Labute approximate surface area is 311 Å². The number of aryl methyl sites for hydroxylation is 1. The van der Waals surface area contributed by atoms with E-state index < -0.39 is 10.8 Å². The zero-order valence-corrected chi connectivity index (χ0v) is 34.7. The Morgan fingerprint density at radius 2 is 1.60 bits per heavy atom. The Kier molecular flexibility index (Phi) is 24.5. The maximum atomic E-state index is 12.4. The Morgan fingerprint density at radius 3 is 2.04 bits per heavy atom. The standard InChI is InChI=1S/C31H43N3O2S.C9H18.C2H6.CH4O/c1-12-14-15-26(22(5)21(4)13-2)23(6)29-33-24(7)27(28(32)34-29)31(11,19-36)25(8)37-17-20(3)16-30(9,10)18-35;1-3-9-6-4-8(2)5-7-9;2*1-2/h12,14-15,17-19,21H,1,6,8,13,16H2,2-5,7,9-11H3,(H2,32,33,34);8-9H,3-7H2,1-2H3;1-2H3;2H,1H3/b15-14-,20-17+,26-22-;;;/t21-,31+;;;/m1.../s1. The van der Waals surface area contributed by atoms with Gasteiger partial charge in [0.15, 0.2) is 5.82 Å². The molecule has 1 aromatic rings. The van der Waals surface area contributed by atoms with Crippen molar-refractivity contribution >= 4 is 35.7 Å². The summed E-state index contributed by atoms with van der Waals surface area (Å²) in [5, 5.41) is 8.93. The van der Waals surface area contributed by atoms with Gasteiger partial charge in [0.05, 0.1) is 5.41 Å². The summed E-state index contributed by atoms with van der Waals surface area (Å²) in [7, 11) is 1.00. The lowest BCUT2D eigenvalue weighted by molar-refractivity contribution is -0.114. The van der Waals surface area contributed by atoms with Crippen LogP contribution in [0.1, 0.15) is 138 Å². The number of aliphatic hydroxyl groups excluding tert-OH is 1. The quantitative estimate of drug-likeness (QED) is 0.138. The zero-order chi connectivity index (χ0) is 39.2. The number of carbonyl (C=O) groups excluding carboxylic acids is 2. The molecule has 1 aliphatic rings. The van der Waals surface area contributed by atoms with E-state index in [9.17, 15) is 9.59 Å². The highest BCUT2D eigenvalue weighted by Gasteiger charge is 2.35. The molecule has 1 heterocycles. The number of carbonyl (C=O) groups is 2. The first kappa shape index (κ1) is 49.1. The lowest BCUT2D eigenvalue weighted by Crippen LogP contribution is -2.29. The smallest absolute Gasteiger partial charge is 0.161 e. The summed E-state index contributed by atoms with van der Waals surface area (Å²) in [5.74, 6) is 3.08. The second kappa shape index (κ2) is 25.0. The van der Waals surface area contributed by atoms with Crippen LogP contribution < -0.4 is 5.73 Å². The number of nitrogens with zero attached hydrogens (tertiary/aromatic N) is 2. The monoisotopic (exact) mass is 710 g/mol. The van der Waals surface area contributed by atoms with E-state index in [0.717, 1.165) is 49.1 Å². The minimum Gasteiger partial charge on any atom is -0.400 e. The molecule has 1 fully saturated rings. The van der Waals surface area contributed by atoms with Crippen LogP contribution in [0.25, 0.3) is 5.57 Å². The number of nitrogen functional groups attached to an aromatic ring is 1. The Morgan fingerprint density at radius 1 is 1.04 bits per heavy atom. The lowest BCUT2D eigenvalue weighted by Gasteiger charge is -2.28. The number of rotatable bonds is 15. The van der Waals surface area contributed by atoms with Gasteiger partial charge in [0, 0.05) is 29.4 Å². The number of nitrogens with two attached hydrogens (primary N) is 1. The van der Waals surface area contributed by atoms with E-state index in [0.29, 0.717) is 39.9 Å². The summed E-state index contributed by atoms with van der Waals surface area (Å²) in [5.41, 5.74) is 9.84. The van der Waals surface area contributed by atoms with Crippen LogP contribution in [0.5, 0.6) is 0 Å². The zero-order valence-electron chi connectivity index (χ0n) is 33.9. The van der Waals surface area contributed by atoms with Crippen LogP contribution >= 0.6 is 11.8 Å². The van der Waals surface area contributed by atoms with Crippen molar-refractivity contribution in [1.29, 1.82) is 0 Å². The van der Waals surface area contributed by atoms with Crippen molar-refractivity contribution in [3.05, 3.63) is 82.1 Å². The molecule has 2 atom stereocenters. The normalized spacial score (nSPS) is 18.3. The lowest BCUT2D eigenvalue weighted by atomic mass is 9.82. The largest absolute Gasteiger partial charge is 0.400 e. The van der Waals surface area contributed by atoms with Crippen LogP contribution in [-0.4, -0.2) is 34.8 Å². The predicted molar refractivity (Wildman–Crippen MR) is 221 cm³/mol. The number of anilines is 1. The van der Waals surface area contributed by atoms with Gasteiger partial charge in [0.25, 0.3) is 0 Å². The molecule has 0 aromatic carbocycles. The molecule has 0 unspecified atom stereocenters. The van der Waals surface area contributed by atoms with Crippen molar-refractivity contribution in [3.63, 3.8) is 0 Å². The van der Waals surface area contributed by atoms with E-state index >= 15 is 0 Å². The van der Waals surface area contributed by atoms with Crippen LogP contribution in [0.2, 0.25) is 0 Å². The average Bonchev–Trinajstić information content (AvgIpc) is 3.11. The summed E-state index contributed by atoms with van der Waals surface area (Å²) >= 11 is 1.36. The third kappa shape index (κ3) is 15.5.